The van der Waals surface area contributed by atoms with Gasteiger partial charge in [-0.1, -0.05) is 38.1 Å². The lowest BCUT2D eigenvalue weighted by Crippen LogP contribution is -2.55. The van der Waals surface area contributed by atoms with E-state index < -0.39 is 0 Å². The minimum Gasteiger partial charge on any atom is -0.332 e. The zero-order chi connectivity index (χ0) is 15.0. The highest BCUT2D eigenvalue weighted by Crippen LogP contribution is 2.33. The molecule has 0 N–H and O–H groups in total. The molecule has 2 amide bonds. The normalized spacial score (nSPS) is 21.3. The molecule has 0 spiro atoms. The lowest BCUT2D eigenvalue weighted by atomic mass is 9.90. The fourth-order valence-corrected chi connectivity index (χ4v) is 3.34. The van der Waals surface area contributed by atoms with E-state index >= 15 is 0 Å². The Balaban J connectivity index is 1.85. The van der Waals surface area contributed by atoms with Gasteiger partial charge in [-0.3, -0.25) is 9.59 Å². The number of hydrogen-bond donors (Lipinski definition) is 0. The number of carbonyl (C=O) groups is 2. The molecule has 1 atom stereocenters. The van der Waals surface area contributed by atoms with Crippen molar-refractivity contribution in [2.45, 2.75) is 32.7 Å². The molecule has 0 saturated carbocycles. The monoisotopic (exact) mass is 286 g/mol. The molecule has 2 aliphatic heterocycles. The van der Waals surface area contributed by atoms with Crippen LogP contribution in [0.5, 0.6) is 0 Å². The molecular weight excluding hydrogens is 264 g/mol. The highest BCUT2D eigenvalue weighted by molar-refractivity contribution is 5.86. The molecule has 0 aromatic heterocycles. The van der Waals surface area contributed by atoms with E-state index in [0.29, 0.717) is 18.9 Å². The molecule has 3 rings (SSSR count). The van der Waals surface area contributed by atoms with Gasteiger partial charge in [0.15, 0.2) is 0 Å². The minimum absolute atomic E-state index is 0.0345. The summed E-state index contributed by atoms with van der Waals surface area (Å²) in [7, 11) is 0. The zero-order valence-electron chi connectivity index (χ0n) is 12.7. The molecule has 4 nitrogen and oxygen atoms in total. The molecule has 2 heterocycles. The van der Waals surface area contributed by atoms with E-state index in [1.54, 1.807) is 4.90 Å². The number of hydrogen-bond acceptors (Lipinski definition) is 2. The summed E-state index contributed by atoms with van der Waals surface area (Å²) >= 11 is 0. The van der Waals surface area contributed by atoms with Crippen LogP contribution in [-0.4, -0.2) is 41.2 Å². The van der Waals surface area contributed by atoms with E-state index in [4.69, 9.17) is 0 Å². The minimum atomic E-state index is 0.0345. The molecule has 1 aromatic carbocycles. The SMILES string of the molecule is CC(C)CC(=O)N1CC(=O)N2CCc3ccccc3C2C1. The van der Waals surface area contributed by atoms with Crippen LogP contribution in [0, 0.1) is 5.92 Å². The van der Waals surface area contributed by atoms with E-state index in [-0.39, 0.29) is 24.4 Å². The predicted molar refractivity (Wildman–Crippen MR) is 80.6 cm³/mol. The number of nitrogens with zero attached hydrogens (tertiary/aromatic N) is 2. The first-order valence-electron chi connectivity index (χ1n) is 7.71. The van der Waals surface area contributed by atoms with Crippen molar-refractivity contribution in [1.29, 1.82) is 0 Å². The smallest absolute Gasteiger partial charge is 0.242 e. The fourth-order valence-electron chi connectivity index (χ4n) is 3.34. The van der Waals surface area contributed by atoms with Crippen LogP contribution in [-0.2, 0) is 16.0 Å². The summed E-state index contributed by atoms with van der Waals surface area (Å²) in [6, 6.07) is 8.32. The molecule has 1 saturated heterocycles. The Labute approximate surface area is 125 Å². The molecule has 112 valence electrons. The third-order valence-corrected chi connectivity index (χ3v) is 4.39. The first kappa shape index (κ1) is 14.1. The summed E-state index contributed by atoms with van der Waals surface area (Å²) in [4.78, 5) is 28.4. The van der Waals surface area contributed by atoms with Gasteiger partial charge < -0.3 is 9.80 Å². The van der Waals surface area contributed by atoms with Crippen molar-refractivity contribution in [2.75, 3.05) is 19.6 Å². The zero-order valence-corrected chi connectivity index (χ0v) is 12.7. The second-order valence-electron chi connectivity index (χ2n) is 6.42. The van der Waals surface area contributed by atoms with E-state index in [1.807, 2.05) is 30.9 Å². The third-order valence-electron chi connectivity index (χ3n) is 4.39. The van der Waals surface area contributed by atoms with E-state index in [9.17, 15) is 9.59 Å². The van der Waals surface area contributed by atoms with Gasteiger partial charge in [0.05, 0.1) is 12.6 Å². The van der Waals surface area contributed by atoms with Gasteiger partial charge >= 0.3 is 0 Å². The Hall–Kier alpha value is -1.84. The standard InChI is InChI=1S/C17H22N2O2/c1-12(2)9-16(20)18-10-15-14-6-4-3-5-13(14)7-8-19(15)17(21)11-18/h3-6,12,15H,7-11H2,1-2H3. The van der Waals surface area contributed by atoms with Crippen LogP contribution in [0.2, 0.25) is 0 Å². The molecule has 1 unspecified atom stereocenters. The van der Waals surface area contributed by atoms with E-state index in [2.05, 4.69) is 12.1 Å². The van der Waals surface area contributed by atoms with E-state index in [0.717, 1.165) is 13.0 Å². The van der Waals surface area contributed by atoms with Gasteiger partial charge in [-0.05, 0) is 23.5 Å². The van der Waals surface area contributed by atoms with Crippen molar-refractivity contribution < 1.29 is 9.59 Å². The Morgan fingerprint density at radius 2 is 2.10 bits per heavy atom. The van der Waals surface area contributed by atoms with Crippen molar-refractivity contribution in [3.05, 3.63) is 35.4 Å². The molecular formula is C17H22N2O2. The first-order valence-corrected chi connectivity index (χ1v) is 7.71. The molecule has 1 aromatic rings. The summed E-state index contributed by atoms with van der Waals surface area (Å²) < 4.78 is 0. The van der Waals surface area contributed by atoms with Crippen molar-refractivity contribution >= 4 is 11.8 Å². The van der Waals surface area contributed by atoms with Gasteiger partial charge in [0, 0.05) is 19.5 Å². The van der Waals surface area contributed by atoms with Crippen LogP contribution < -0.4 is 0 Å². The highest BCUT2D eigenvalue weighted by Gasteiger charge is 2.38. The van der Waals surface area contributed by atoms with Crippen molar-refractivity contribution in [2.24, 2.45) is 5.92 Å². The molecule has 4 heteroatoms. The summed E-state index contributed by atoms with van der Waals surface area (Å²) in [5.41, 5.74) is 2.52. The summed E-state index contributed by atoms with van der Waals surface area (Å²) in [6.07, 6.45) is 1.43. The van der Waals surface area contributed by atoms with Gasteiger partial charge in [-0.2, -0.15) is 0 Å². The van der Waals surface area contributed by atoms with Crippen molar-refractivity contribution in [1.82, 2.24) is 9.80 Å². The second kappa shape index (κ2) is 5.51. The van der Waals surface area contributed by atoms with E-state index in [1.165, 1.54) is 11.1 Å². The molecule has 0 aliphatic carbocycles. The highest BCUT2D eigenvalue weighted by atomic mass is 16.2. The molecule has 0 radical (unpaired) electrons. The van der Waals surface area contributed by atoms with Crippen LogP contribution in [0.15, 0.2) is 24.3 Å². The molecule has 21 heavy (non-hydrogen) atoms. The van der Waals surface area contributed by atoms with Gasteiger partial charge in [0.25, 0.3) is 0 Å². The number of amides is 2. The number of carbonyl (C=O) groups excluding carboxylic acids is 2. The van der Waals surface area contributed by atoms with Crippen molar-refractivity contribution in [3.8, 4) is 0 Å². The van der Waals surface area contributed by atoms with Crippen LogP contribution in [0.3, 0.4) is 0 Å². The molecule has 2 aliphatic rings. The quantitative estimate of drug-likeness (QED) is 0.834. The Kier molecular flexibility index (Phi) is 3.70. The number of rotatable bonds is 2. The number of piperazine rings is 1. The number of benzene rings is 1. The summed E-state index contributed by atoms with van der Waals surface area (Å²) in [5, 5.41) is 0. The first-order chi connectivity index (χ1) is 10.1. The second-order valence-corrected chi connectivity index (χ2v) is 6.42. The van der Waals surface area contributed by atoms with Crippen LogP contribution in [0.4, 0.5) is 0 Å². The third kappa shape index (κ3) is 2.67. The lowest BCUT2D eigenvalue weighted by Gasteiger charge is -2.44. The van der Waals surface area contributed by atoms with Crippen molar-refractivity contribution in [3.63, 3.8) is 0 Å². The molecule has 0 bridgehead atoms. The number of fused-ring (bicyclic) bond motifs is 3. The summed E-state index contributed by atoms with van der Waals surface area (Å²) in [5.74, 6) is 0.503. The Morgan fingerprint density at radius 1 is 1.33 bits per heavy atom. The Morgan fingerprint density at radius 3 is 2.86 bits per heavy atom. The van der Waals surface area contributed by atoms with Crippen LogP contribution in [0.25, 0.3) is 0 Å². The largest absolute Gasteiger partial charge is 0.332 e. The fraction of sp³-hybridized carbons (Fsp3) is 0.529. The average Bonchev–Trinajstić information content (AvgIpc) is 2.46. The topological polar surface area (TPSA) is 40.6 Å². The predicted octanol–water partition coefficient (Wildman–Crippen LogP) is 2.00. The van der Waals surface area contributed by atoms with Gasteiger partial charge in [0.2, 0.25) is 11.8 Å². The van der Waals surface area contributed by atoms with Crippen LogP contribution in [0.1, 0.15) is 37.4 Å². The van der Waals surface area contributed by atoms with Crippen LogP contribution >= 0.6 is 0 Å². The maximum atomic E-state index is 12.4. The molecule has 1 fully saturated rings. The Bertz CT molecular complexity index is 568. The maximum Gasteiger partial charge on any atom is 0.242 e. The van der Waals surface area contributed by atoms with Gasteiger partial charge in [0.1, 0.15) is 0 Å². The summed E-state index contributed by atoms with van der Waals surface area (Å²) in [6.45, 7) is 5.71. The lowest BCUT2D eigenvalue weighted by molar-refractivity contribution is -0.149. The average molecular weight is 286 g/mol. The van der Waals surface area contributed by atoms with Gasteiger partial charge in [-0.25, -0.2) is 0 Å². The van der Waals surface area contributed by atoms with Gasteiger partial charge in [-0.15, -0.1) is 0 Å². The maximum absolute atomic E-state index is 12.4.